The zero-order valence-electron chi connectivity index (χ0n) is 11.4. The molecular weight excluding hydrogens is 316 g/mol. The molecule has 1 aromatic carbocycles. The number of halogens is 1. The molecule has 2 heterocycles. The second-order valence-electron chi connectivity index (χ2n) is 5.04. The monoisotopic (exact) mass is 332 g/mol. The quantitative estimate of drug-likeness (QED) is 0.853. The number of hydrogen-bond donors (Lipinski definition) is 0. The van der Waals surface area contributed by atoms with Gasteiger partial charge < -0.3 is 9.64 Å². The van der Waals surface area contributed by atoms with E-state index in [0.29, 0.717) is 5.92 Å². The number of hydrogen-bond acceptors (Lipinski definition) is 3. The fourth-order valence-electron chi connectivity index (χ4n) is 2.67. The Morgan fingerprint density at radius 2 is 2.00 bits per heavy atom. The Bertz CT molecular complexity index is 568. The van der Waals surface area contributed by atoms with Crippen molar-refractivity contribution in [3.05, 3.63) is 52.6 Å². The molecule has 20 heavy (non-hydrogen) atoms. The van der Waals surface area contributed by atoms with Gasteiger partial charge in [0, 0.05) is 29.7 Å². The lowest BCUT2D eigenvalue weighted by Gasteiger charge is -2.17. The largest absolute Gasteiger partial charge is 0.497 e. The zero-order chi connectivity index (χ0) is 13.9. The summed E-state index contributed by atoms with van der Waals surface area (Å²) >= 11 is 3.42. The van der Waals surface area contributed by atoms with Crippen LogP contribution in [0.4, 0.5) is 5.82 Å². The number of rotatable bonds is 3. The maximum Gasteiger partial charge on any atom is 0.128 e. The first-order valence-electron chi connectivity index (χ1n) is 6.77. The lowest BCUT2D eigenvalue weighted by atomic mass is 9.98. The summed E-state index contributed by atoms with van der Waals surface area (Å²) in [6.45, 7) is 2.09. The number of methoxy groups -OCH3 is 1. The summed E-state index contributed by atoms with van der Waals surface area (Å²) in [5.74, 6) is 2.55. The molecule has 104 valence electrons. The number of nitrogens with zero attached hydrogens (tertiary/aromatic N) is 2. The number of aromatic nitrogens is 1. The minimum Gasteiger partial charge on any atom is -0.497 e. The molecule has 1 aromatic heterocycles. The molecule has 0 spiro atoms. The van der Waals surface area contributed by atoms with Gasteiger partial charge in [0.25, 0.3) is 0 Å². The Morgan fingerprint density at radius 3 is 2.65 bits per heavy atom. The van der Waals surface area contributed by atoms with Crippen molar-refractivity contribution >= 4 is 21.7 Å². The normalized spacial score (nSPS) is 18.3. The van der Waals surface area contributed by atoms with E-state index in [0.717, 1.165) is 29.1 Å². The molecule has 1 aliphatic rings. The van der Waals surface area contributed by atoms with Gasteiger partial charge in [0.05, 0.1) is 7.11 Å². The van der Waals surface area contributed by atoms with E-state index in [1.165, 1.54) is 12.0 Å². The van der Waals surface area contributed by atoms with Crippen LogP contribution >= 0.6 is 15.9 Å². The Balaban J connectivity index is 1.71. The topological polar surface area (TPSA) is 25.4 Å². The van der Waals surface area contributed by atoms with Gasteiger partial charge in [-0.25, -0.2) is 4.98 Å². The molecule has 3 rings (SSSR count). The predicted octanol–water partition coefficient (Wildman–Crippen LogP) is 3.85. The molecule has 1 fully saturated rings. The summed E-state index contributed by atoms with van der Waals surface area (Å²) < 4.78 is 6.23. The highest BCUT2D eigenvalue weighted by Crippen LogP contribution is 2.31. The van der Waals surface area contributed by atoms with E-state index in [1.54, 1.807) is 7.11 Å². The maximum atomic E-state index is 5.21. The van der Waals surface area contributed by atoms with Crippen molar-refractivity contribution in [2.45, 2.75) is 12.3 Å². The first-order chi connectivity index (χ1) is 9.76. The van der Waals surface area contributed by atoms with Crippen LogP contribution in [0.5, 0.6) is 5.75 Å². The lowest BCUT2D eigenvalue weighted by Crippen LogP contribution is -2.20. The second kappa shape index (κ2) is 5.83. The van der Waals surface area contributed by atoms with Gasteiger partial charge in [-0.05, 0) is 52.2 Å². The molecule has 0 amide bonds. The number of anilines is 1. The summed E-state index contributed by atoms with van der Waals surface area (Å²) in [4.78, 5) is 6.82. The highest BCUT2D eigenvalue weighted by molar-refractivity contribution is 9.10. The van der Waals surface area contributed by atoms with Gasteiger partial charge in [0.15, 0.2) is 0 Å². The molecule has 3 nitrogen and oxygen atoms in total. The minimum absolute atomic E-state index is 0.575. The van der Waals surface area contributed by atoms with Crippen LogP contribution in [0.25, 0.3) is 0 Å². The summed E-state index contributed by atoms with van der Waals surface area (Å²) in [5, 5.41) is 0. The van der Waals surface area contributed by atoms with Gasteiger partial charge in [-0.2, -0.15) is 0 Å². The Morgan fingerprint density at radius 1 is 1.20 bits per heavy atom. The van der Waals surface area contributed by atoms with E-state index in [9.17, 15) is 0 Å². The van der Waals surface area contributed by atoms with Crippen LogP contribution in [-0.2, 0) is 0 Å². The molecule has 0 saturated carbocycles. The fraction of sp³-hybridized carbons (Fsp3) is 0.312. The van der Waals surface area contributed by atoms with Crippen LogP contribution in [0, 0.1) is 0 Å². The molecule has 2 aromatic rings. The van der Waals surface area contributed by atoms with E-state index in [2.05, 4.69) is 44.0 Å². The molecule has 0 bridgehead atoms. The molecular formula is C16H17BrN2O. The van der Waals surface area contributed by atoms with E-state index in [-0.39, 0.29) is 0 Å². The third-order valence-corrected chi connectivity index (χ3v) is 4.28. The smallest absolute Gasteiger partial charge is 0.128 e. The predicted molar refractivity (Wildman–Crippen MR) is 84.5 cm³/mol. The van der Waals surface area contributed by atoms with E-state index < -0.39 is 0 Å². The Labute approximate surface area is 127 Å². The molecule has 1 atom stereocenters. The third kappa shape index (κ3) is 2.80. The van der Waals surface area contributed by atoms with E-state index >= 15 is 0 Å². The molecule has 0 aliphatic carbocycles. The van der Waals surface area contributed by atoms with E-state index in [1.807, 2.05) is 24.4 Å². The van der Waals surface area contributed by atoms with Gasteiger partial charge in [-0.15, -0.1) is 0 Å². The molecule has 0 N–H and O–H groups in total. The van der Waals surface area contributed by atoms with Crippen molar-refractivity contribution in [1.29, 1.82) is 0 Å². The summed E-state index contributed by atoms with van der Waals surface area (Å²) in [6.07, 6.45) is 3.03. The van der Waals surface area contributed by atoms with Crippen molar-refractivity contribution in [1.82, 2.24) is 4.98 Å². The first-order valence-corrected chi connectivity index (χ1v) is 7.56. The van der Waals surface area contributed by atoms with Crippen molar-refractivity contribution in [2.24, 2.45) is 0 Å². The van der Waals surface area contributed by atoms with E-state index in [4.69, 9.17) is 4.74 Å². The molecule has 1 saturated heterocycles. The number of pyridine rings is 1. The number of benzene rings is 1. The first kappa shape index (κ1) is 13.4. The summed E-state index contributed by atoms with van der Waals surface area (Å²) in [5.41, 5.74) is 1.38. The van der Waals surface area contributed by atoms with Gasteiger partial charge in [0.2, 0.25) is 0 Å². The Hall–Kier alpha value is -1.55. The van der Waals surface area contributed by atoms with Crippen LogP contribution in [0.3, 0.4) is 0 Å². The fourth-order valence-corrected chi connectivity index (χ4v) is 2.91. The highest BCUT2D eigenvalue weighted by atomic mass is 79.9. The van der Waals surface area contributed by atoms with Crippen LogP contribution in [0.1, 0.15) is 17.9 Å². The molecule has 1 aliphatic heterocycles. The molecule has 0 radical (unpaired) electrons. The van der Waals surface area contributed by atoms with Crippen LogP contribution in [0.15, 0.2) is 47.1 Å². The number of ether oxygens (including phenoxy) is 1. The second-order valence-corrected chi connectivity index (χ2v) is 5.96. The van der Waals surface area contributed by atoms with Gasteiger partial charge in [-0.1, -0.05) is 12.1 Å². The maximum absolute atomic E-state index is 5.21. The van der Waals surface area contributed by atoms with Crippen molar-refractivity contribution in [3.8, 4) is 5.75 Å². The average Bonchev–Trinajstić information content (AvgIpc) is 2.98. The summed E-state index contributed by atoms with van der Waals surface area (Å²) in [7, 11) is 1.70. The molecule has 4 heteroatoms. The average molecular weight is 333 g/mol. The van der Waals surface area contributed by atoms with Crippen LogP contribution < -0.4 is 9.64 Å². The lowest BCUT2D eigenvalue weighted by molar-refractivity contribution is 0.414. The zero-order valence-corrected chi connectivity index (χ0v) is 13.0. The standard InChI is InChI=1S/C16H17BrN2O/c1-20-15-5-2-12(3-6-15)13-8-9-19(11-13)16-7-4-14(17)10-18-16/h2-7,10,13H,8-9,11H2,1H3. The van der Waals surface area contributed by atoms with Gasteiger partial charge >= 0.3 is 0 Å². The van der Waals surface area contributed by atoms with Gasteiger partial charge in [-0.3, -0.25) is 0 Å². The Kier molecular flexibility index (Phi) is 3.92. The minimum atomic E-state index is 0.575. The highest BCUT2D eigenvalue weighted by Gasteiger charge is 2.24. The van der Waals surface area contributed by atoms with Crippen LogP contribution in [-0.4, -0.2) is 25.2 Å². The van der Waals surface area contributed by atoms with Crippen molar-refractivity contribution < 1.29 is 4.74 Å². The third-order valence-electron chi connectivity index (χ3n) is 3.81. The van der Waals surface area contributed by atoms with Crippen molar-refractivity contribution in [2.75, 3.05) is 25.1 Å². The van der Waals surface area contributed by atoms with Crippen LogP contribution in [0.2, 0.25) is 0 Å². The van der Waals surface area contributed by atoms with Crippen molar-refractivity contribution in [3.63, 3.8) is 0 Å². The summed E-state index contributed by atoms with van der Waals surface area (Å²) in [6, 6.07) is 12.5. The molecule has 1 unspecified atom stereocenters. The SMILES string of the molecule is COc1ccc(C2CCN(c3ccc(Br)cn3)C2)cc1. The van der Waals surface area contributed by atoms with Gasteiger partial charge in [0.1, 0.15) is 11.6 Å².